The second-order valence-electron chi connectivity index (χ2n) is 5.81. The van der Waals surface area contributed by atoms with E-state index in [1.807, 2.05) is 23.9 Å². The Morgan fingerprint density at radius 2 is 2.00 bits per heavy atom. The van der Waals surface area contributed by atoms with Gasteiger partial charge in [0.05, 0.1) is 0 Å². The lowest BCUT2D eigenvalue weighted by Crippen LogP contribution is -2.30. The monoisotopic (exact) mass is 358 g/mol. The molecule has 0 unspecified atom stereocenters. The van der Waals surface area contributed by atoms with Crippen molar-refractivity contribution >= 4 is 28.4 Å². The number of halogens is 1. The fourth-order valence-corrected chi connectivity index (χ4v) is 2.85. The maximum Gasteiger partial charge on any atom is 0.257 e. The van der Waals surface area contributed by atoms with Crippen LogP contribution in [0.15, 0.2) is 48.7 Å². The van der Waals surface area contributed by atoms with E-state index in [1.54, 1.807) is 36.4 Å². The smallest absolute Gasteiger partial charge is 0.257 e. The van der Waals surface area contributed by atoms with Crippen molar-refractivity contribution in [2.45, 2.75) is 6.42 Å². The molecule has 0 aliphatic heterocycles. The van der Waals surface area contributed by atoms with Crippen LogP contribution in [0.3, 0.4) is 0 Å². The highest BCUT2D eigenvalue weighted by atomic mass is 35.5. The molecule has 2 N–H and O–H groups in total. The number of aromatic nitrogens is 1. The van der Waals surface area contributed by atoms with Crippen molar-refractivity contribution in [3.05, 3.63) is 59.2 Å². The molecule has 0 spiro atoms. The van der Waals surface area contributed by atoms with Crippen LogP contribution >= 0.6 is 11.6 Å². The molecule has 0 fully saturated rings. The summed E-state index contributed by atoms with van der Waals surface area (Å²) >= 11 is 5.80. The number of fused-ring (bicyclic) bond motifs is 1. The Labute approximate surface area is 150 Å². The standard InChI is InChI=1S/C19H19ClN2O3/c1-22-11-13(17-10-15(23)4-7-18(17)22)8-9-21-19(24)12-25-16-5-2-14(20)3-6-16/h2-7,10-11,23H,8-9,12H2,1H3,(H,21,24). The fraction of sp³-hybridized carbons (Fsp3) is 0.211. The van der Waals surface area contributed by atoms with Crippen molar-refractivity contribution in [1.82, 2.24) is 9.88 Å². The van der Waals surface area contributed by atoms with E-state index in [2.05, 4.69) is 5.32 Å². The number of phenolic OH excluding ortho intramolecular Hbond substituents is 1. The van der Waals surface area contributed by atoms with Gasteiger partial charge in [-0.2, -0.15) is 0 Å². The van der Waals surface area contributed by atoms with E-state index in [0.717, 1.165) is 16.5 Å². The molecule has 0 saturated heterocycles. The van der Waals surface area contributed by atoms with Gasteiger partial charge in [-0.3, -0.25) is 4.79 Å². The van der Waals surface area contributed by atoms with E-state index in [4.69, 9.17) is 16.3 Å². The first-order chi connectivity index (χ1) is 12.0. The van der Waals surface area contributed by atoms with Crippen LogP contribution in [-0.2, 0) is 18.3 Å². The Morgan fingerprint density at radius 1 is 1.24 bits per heavy atom. The second kappa shape index (κ2) is 7.49. The number of benzene rings is 2. The molecule has 0 saturated carbocycles. The highest BCUT2D eigenvalue weighted by molar-refractivity contribution is 6.30. The molecular formula is C19H19ClN2O3. The number of amides is 1. The van der Waals surface area contributed by atoms with Gasteiger partial charge in [0, 0.05) is 35.7 Å². The van der Waals surface area contributed by atoms with Gasteiger partial charge in [0.1, 0.15) is 11.5 Å². The number of ether oxygens (including phenoxy) is 1. The largest absolute Gasteiger partial charge is 0.508 e. The second-order valence-corrected chi connectivity index (χ2v) is 6.25. The molecule has 25 heavy (non-hydrogen) atoms. The summed E-state index contributed by atoms with van der Waals surface area (Å²) in [4.78, 5) is 11.9. The van der Waals surface area contributed by atoms with Crippen molar-refractivity contribution in [3.63, 3.8) is 0 Å². The van der Waals surface area contributed by atoms with Crippen molar-refractivity contribution < 1.29 is 14.6 Å². The van der Waals surface area contributed by atoms with Gasteiger partial charge in [-0.25, -0.2) is 0 Å². The van der Waals surface area contributed by atoms with Crippen LogP contribution in [0.4, 0.5) is 0 Å². The zero-order valence-corrected chi connectivity index (χ0v) is 14.6. The van der Waals surface area contributed by atoms with Crippen LogP contribution in [0.2, 0.25) is 5.02 Å². The first kappa shape index (κ1) is 17.2. The Kier molecular flexibility index (Phi) is 5.14. The zero-order chi connectivity index (χ0) is 17.8. The SMILES string of the molecule is Cn1cc(CCNC(=O)COc2ccc(Cl)cc2)c2cc(O)ccc21. The first-order valence-electron chi connectivity index (χ1n) is 7.95. The van der Waals surface area contributed by atoms with Gasteiger partial charge in [0.15, 0.2) is 6.61 Å². The van der Waals surface area contributed by atoms with E-state index in [0.29, 0.717) is 23.7 Å². The molecule has 5 nitrogen and oxygen atoms in total. The Bertz CT molecular complexity index is 888. The minimum absolute atomic E-state index is 0.0437. The van der Waals surface area contributed by atoms with Gasteiger partial charge in [-0.05, 0) is 54.4 Å². The Hall–Kier alpha value is -2.66. The summed E-state index contributed by atoms with van der Waals surface area (Å²) in [6.45, 7) is 0.454. The van der Waals surface area contributed by atoms with Crippen LogP contribution in [0.5, 0.6) is 11.5 Å². The number of phenols is 1. The summed E-state index contributed by atoms with van der Waals surface area (Å²) < 4.78 is 7.42. The maximum absolute atomic E-state index is 11.9. The normalized spacial score (nSPS) is 10.8. The minimum Gasteiger partial charge on any atom is -0.508 e. The average molecular weight is 359 g/mol. The van der Waals surface area contributed by atoms with Gasteiger partial charge in [0.2, 0.25) is 0 Å². The maximum atomic E-state index is 11.9. The zero-order valence-electron chi connectivity index (χ0n) is 13.8. The number of carbonyl (C=O) groups excluding carboxylic acids is 1. The molecule has 0 radical (unpaired) electrons. The first-order valence-corrected chi connectivity index (χ1v) is 8.33. The molecule has 1 heterocycles. The highest BCUT2D eigenvalue weighted by Crippen LogP contribution is 2.25. The summed E-state index contributed by atoms with van der Waals surface area (Å²) in [7, 11) is 1.96. The molecule has 0 aliphatic rings. The average Bonchev–Trinajstić information content (AvgIpc) is 2.90. The summed E-state index contributed by atoms with van der Waals surface area (Å²) in [6, 6.07) is 12.2. The fourth-order valence-electron chi connectivity index (χ4n) is 2.73. The van der Waals surface area contributed by atoms with E-state index in [1.165, 1.54) is 0 Å². The van der Waals surface area contributed by atoms with Crippen LogP contribution in [0.25, 0.3) is 10.9 Å². The summed E-state index contributed by atoms with van der Waals surface area (Å²) in [5.41, 5.74) is 2.12. The lowest BCUT2D eigenvalue weighted by atomic mass is 10.1. The molecule has 6 heteroatoms. The number of hydrogen-bond acceptors (Lipinski definition) is 3. The third kappa shape index (κ3) is 4.25. The van der Waals surface area contributed by atoms with Gasteiger partial charge >= 0.3 is 0 Å². The summed E-state index contributed by atoms with van der Waals surface area (Å²) in [5, 5.41) is 14.1. The van der Waals surface area contributed by atoms with Gasteiger partial charge < -0.3 is 19.7 Å². The number of rotatable bonds is 6. The molecule has 0 atom stereocenters. The van der Waals surface area contributed by atoms with Crippen molar-refractivity contribution in [3.8, 4) is 11.5 Å². The highest BCUT2D eigenvalue weighted by Gasteiger charge is 2.08. The predicted octanol–water partition coefficient (Wildman–Crippen LogP) is 3.28. The van der Waals surface area contributed by atoms with Crippen molar-refractivity contribution in [1.29, 1.82) is 0 Å². The van der Waals surface area contributed by atoms with E-state index in [9.17, 15) is 9.90 Å². The summed E-state index contributed by atoms with van der Waals surface area (Å²) in [5.74, 6) is 0.655. The van der Waals surface area contributed by atoms with Crippen LogP contribution in [-0.4, -0.2) is 28.7 Å². The third-order valence-electron chi connectivity index (χ3n) is 3.96. The Morgan fingerprint density at radius 3 is 2.76 bits per heavy atom. The molecule has 3 rings (SSSR count). The lowest BCUT2D eigenvalue weighted by Gasteiger charge is -2.07. The quantitative estimate of drug-likeness (QED) is 0.710. The molecular weight excluding hydrogens is 340 g/mol. The number of hydrogen-bond donors (Lipinski definition) is 2. The minimum atomic E-state index is -0.182. The number of aromatic hydroxyl groups is 1. The van der Waals surface area contributed by atoms with Gasteiger partial charge in [-0.15, -0.1) is 0 Å². The molecule has 2 aromatic carbocycles. The molecule has 1 aromatic heterocycles. The van der Waals surface area contributed by atoms with Crippen molar-refractivity contribution in [2.75, 3.05) is 13.2 Å². The van der Waals surface area contributed by atoms with E-state index in [-0.39, 0.29) is 18.3 Å². The van der Waals surface area contributed by atoms with Gasteiger partial charge in [0.25, 0.3) is 5.91 Å². The number of nitrogens with zero attached hydrogens (tertiary/aromatic N) is 1. The van der Waals surface area contributed by atoms with Gasteiger partial charge in [-0.1, -0.05) is 11.6 Å². The Balaban J connectivity index is 1.51. The van der Waals surface area contributed by atoms with E-state index >= 15 is 0 Å². The lowest BCUT2D eigenvalue weighted by molar-refractivity contribution is -0.123. The molecule has 1 amide bonds. The number of aryl methyl sites for hydroxylation is 1. The molecule has 130 valence electrons. The van der Waals surface area contributed by atoms with Crippen LogP contribution in [0.1, 0.15) is 5.56 Å². The molecule has 0 aliphatic carbocycles. The molecule has 0 bridgehead atoms. The number of nitrogens with one attached hydrogen (secondary N) is 1. The van der Waals surface area contributed by atoms with E-state index < -0.39 is 0 Å². The van der Waals surface area contributed by atoms with Crippen molar-refractivity contribution in [2.24, 2.45) is 7.05 Å². The molecule has 3 aromatic rings. The third-order valence-corrected chi connectivity index (χ3v) is 4.21. The predicted molar refractivity (Wildman–Crippen MR) is 98.2 cm³/mol. The summed E-state index contributed by atoms with van der Waals surface area (Å²) in [6.07, 6.45) is 2.69. The van der Waals surface area contributed by atoms with Crippen LogP contribution in [0, 0.1) is 0 Å². The number of carbonyl (C=O) groups is 1. The topological polar surface area (TPSA) is 63.5 Å². The van der Waals surface area contributed by atoms with Crippen LogP contribution < -0.4 is 10.1 Å².